The number of nitrogens with zero attached hydrogens (tertiary/aromatic N) is 2. The Hall–Kier alpha value is -2.21. The van der Waals surface area contributed by atoms with Gasteiger partial charge in [0.1, 0.15) is 5.75 Å². The van der Waals surface area contributed by atoms with Crippen LogP contribution in [0.15, 0.2) is 18.2 Å². The van der Waals surface area contributed by atoms with E-state index in [1.807, 2.05) is 26.1 Å². The zero-order valence-electron chi connectivity index (χ0n) is 10.8. The Bertz CT molecular complexity index is 622. The largest absolute Gasteiger partial charge is 0.454 e. The molecular weight excluding hydrogens is 246 g/mol. The van der Waals surface area contributed by atoms with Gasteiger partial charge in [0.05, 0.1) is 11.3 Å². The summed E-state index contributed by atoms with van der Waals surface area (Å²) in [5.41, 5.74) is 7.51. The smallest absolute Gasteiger partial charge is 0.231 e. The number of hydrogen-bond acceptors (Lipinski definition) is 5. The third kappa shape index (κ3) is 2.00. The molecule has 0 atom stereocenters. The van der Waals surface area contributed by atoms with Gasteiger partial charge in [-0.1, -0.05) is 0 Å². The second-order valence-electron chi connectivity index (χ2n) is 4.31. The molecule has 0 bridgehead atoms. The van der Waals surface area contributed by atoms with Crippen molar-refractivity contribution in [1.82, 2.24) is 9.78 Å². The molecule has 2 N–H and O–H groups in total. The molecule has 0 amide bonds. The molecule has 0 spiro atoms. The first-order valence-corrected chi connectivity index (χ1v) is 5.99. The molecule has 0 aliphatic carbocycles. The quantitative estimate of drug-likeness (QED) is 0.910. The summed E-state index contributed by atoms with van der Waals surface area (Å²) in [5, 5.41) is 4.31. The van der Waals surface area contributed by atoms with E-state index in [9.17, 15) is 0 Å². The van der Waals surface area contributed by atoms with Crippen LogP contribution in [0, 0.1) is 6.92 Å². The van der Waals surface area contributed by atoms with Crippen LogP contribution in [-0.4, -0.2) is 16.6 Å². The first-order valence-electron chi connectivity index (χ1n) is 5.99. The Balaban J connectivity index is 1.93. The molecule has 0 saturated heterocycles. The van der Waals surface area contributed by atoms with Crippen LogP contribution in [-0.2, 0) is 13.6 Å². The maximum absolute atomic E-state index is 5.86. The first kappa shape index (κ1) is 11.9. The van der Waals surface area contributed by atoms with Gasteiger partial charge in [0.2, 0.25) is 12.7 Å². The van der Waals surface area contributed by atoms with E-state index in [-0.39, 0.29) is 6.79 Å². The van der Waals surface area contributed by atoms with Crippen LogP contribution in [0.5, 0.6) is 23.1 Å². The van der Waals surface area contributed by atoms with Crippen LogP contribution in [0.3, 0.4) is 0 Å². The van der Waals surface area contributed by atoms with Crippen molar-refractivity contribution in [2.45, 2.75) is 13.5 Å². The SMILES string of the molecule is Cc1nn(C)c(Oc2ccc3c(c2)OCO3)c1CN. The van der Waals surface area contributed by atoms with Gasteiger partial charge in [0.15, 0.2) is 11.5 Å². The van der Waals surface area contributed by atoms with Crippen LogP contribution in [0.4, 0.5) is 0 Å². The van der Waals surface area contributed by atoms with Crippen molar-refractivity contribution in [1.29, 1.82) is 0 Å². The van der Waals surface area contributed by atoms with Crippen LogP contribution in [0.1, 0.15) is 11.3 Å². The Morgan fingerprint density at radius 2 is 2.16 bits per heavy atom. The highest BCUT2D eigenvalue weighted by atomic mass is 16.7. The summed E-state index contributed by atoms with van der Waals surface area (Å²) in [6.45, 7) is 2.55. The Labute approximate surface area is 110 Å². The zero-order valence-corrected chi connectivity index (χ0v) is 10.8. The lowest BCUT2D eigenvalue weighted by atomic mass is 10.2. The highest BCUT2D eigenvalue weighted by molar-refractivity contribution is 5.48. The molecule has 3 rings (SSSR count). The predicted molar refractivity (Wildman–Crippen MR) is 68.5 cm³/mol. The van der Waals surface area contributed by atoms with Crippen molar-refractivity contribution in [2.75, 3.05) is 6.79 Å². The number of fused-ring (bicyclic) bond motifs is 1. The van der Waals surface area contributed by atoms with Crippen LogP contribution in [0.2, 0.25) is 0 Å². The maximum atomic E-state index is 5.86. The van der Waals surface area contributed by atoms with E-state index in [4.69, 9.17) is 19.9 Å². The molecule has 1 aromatic heterocycles. The normalized spacial score (nSPS) is 12.8. The fourth-order valence-corrected chi connectivity index (χ4v) is 2.10. The van der Waals surface area contributed by atoms with E-state index in [0.717, 1.165) is 17.0 Å². The van der Waals surface area contributed by atoms with E-state index < -0.39 is 0 Å². The molecule has 1 aromatic carbocycles. The molecule has 0 unspecified atom stereocenters. The number of aromatic nitrogens is 2. The molecule has 6 nitrogen and oxygen atoms in total. The number of rotatable bonds is 3. The minimum atomic E-state index is 0.248. The Morgan fingerprint density at radius 3 is 2.95 bits per heavy atom. The van der Waals surface area contributed by atoms with E-state index in [1.54, 1.807) is 10.7 Å². The molecule has 19 heavy (non-hydrogen) atoms. The molecular formula is C13H15N3O3. The number of ether oxygens (including phenoxy) is 3. The summed E-state index contributed by atoms with van der Waals surface area (Å²) in [4.78, 5) is 0. The summed E-state index contributed by atoms with van der Waals surface area (Å²) < 4.78 is 18.1. The Morgan fingerprint density at radius 1 is 1.37 bits per heavy atom. The van der Waals surface area contributed by atoms with E-state index >= 15 is 0 Å². The van der Waals surface area contributed by atoms with Gasteiger partial charge in [-0.05, 0) is 19.1 Å². The summed E-state index contributed by atoms with van der Waals surface area (Å²) in [6.07, 6.45) is 0. The first-order chi connectivity index (χ1) is 9.19. The van der Waals surface area contributed by atoms with Crippen molar-refractivity contribution >= 4 is 0 Å². The van der Waals surface area contributed by atoms with Crippen molar-refractivity contribution < 1.29 is 14.2 Å². The van der Waals surface area contributed by atoms with Crippen LogP contribution >= 0.6 is 0 Å². The van der Waals surface area contributed by atoms with Gasteiger partial charge >= 0.3 is 0 Å². The van der Waals surface area contributed by atoms with Crippen molar-refractivity contribution in [3.63, 3.8) is 0 Å². The number of aryl methyl sites for hydroxylation is 2. The van der Waals surface area contributed by atoms with Crippen LogP contribution in [0.25, 0.3) is 0 Å². The zero-order chi connectivity index (χ0) is 13.4. The monoisotopic (exact) mass is 261 g/mol. The summed E-state index contributed by atoms with van der Waals surface area (Å²) in [6, 6.07) is 5.45. The lowest BCUT2D eigenvalue weighted by Crippen LogP contribution is -2.01. The number of benzene rings is 1. The van der Waals surface area contributed by atoms with E-state index in [1.165, 1.54) is 0 Å². The summed E-state index contributed by atoms with van der Waals surface area (Å²) in [5.74, 6) is 2.74. The fraction of sp³-hybridized carbons (Fsp3) is 0.308. The fourth-order valence-electron chi connectivity index (χ4n) is 2.10. The second-order valence-corrected chi connectivity index (χ2v) is 4.31. The molecule has 0 fully saturated rings. The second kappa shape index (κ2) is 4.47. The average Bonchev–Trinajstić information content (AvgIpc) is 2.94. The van der Waals surface area contributed by atoms with Gasteiger partial charge in [-0.15, -0.1) is 0 Å². The van der Waals surface area contributed by atoms with Crippen molar-refractivity contribution in [2.24, 2.45) is 12.8 Å². The number of nitrogens with two attached hydrogens (primary N) is 1. The number of hydrogen-bond donors (Lipinski definition) is 1. The molecule has 0 radical (unpaired) electrons. The molecule has 1 aliphatic heterocycles. The van der Waals surface area contributed by atoms with Gasteiger partial charge in [0.25, 0.3) is 0 Å². The van der Waals surface area contributed by atoms with Gasteiger partial charge in [-0.2, -0.15) is 5.10 Å². The molecule has 100 valence electrons. The maximum Gasteiger partial charge on any atom is 0.231 e. The van der Waals surface area contributed by atoms with Gasteiger partial charge in [-0.3, -0.25) is 0 Å². The summed E-state index contributed by atoms with van der Waals surface area (Å²) >= 11 is 0. The lowest BCUT2D eigenvalue weighted by Gasteiger charge is -2.08. The Kier molecular flexibility index (Phi) is 2.79. The van der Waals surface area contributed by atoms with Crippen LogP contribution < -0.4 is 19.9 Å². The summed E-state index contributed by atoms with van der Waals surface area (Å²) in [7, 11) is 1.83. The standard InChI is InChI=1S/C13H15N3O3/c1-8-10(6-14)13(16(2)15-8)19-9-3-4-11-12(5-9)18-7-17-11/h3-5H,6-7,14H2,1-2H3. The molecule has 2 heterocycles. The topological polar surface area (TPSA) is 71.5 Å². The minimum Gasteiger partial charge on any atom is -0.454 e. The average molecular weight is 261 g/mol. The third-order valence-corrected chi connectivity index (χ3v) is 3.05. The van der Waals surface area contributed by atoms with Crippen molar-refractivity contribution in [3.8, 4) is 23.1 Å². The van der Waals surface area contributed by atoms with E-state index in [0.29, 0.717) is 23.9 Å². The minimum absolute atomic E-state index is 0.248. The lowest BCUT2D eigenvalue weighted by molar-refractivity contribution is 0.174. The van der Waals surface area contributed by atoms with E-state index in [2.05, 4.69) is 5.10 Å². The van der Waals surface area contributed by atoms with Gasteiger partial charge < -0.3 is 19.9 Å². The predicted octanol–water partition coefficient (Wildman–Crippen LogP) is 1.71. The molecule has 6 heteroatoms. The molecule has 2 aromatic rings. The van der Waals surface area contributed by atoms with Gasteiger partial charge in [0, 0.05) is 19.7 Å². The third-order valence-electron chi connectivity index (χ3n) is 3.05. The molecule has 0 saturated carbocycles. The highest BCUT2D eigenvalue weighted by Crippen LogP contribution is 2.37. The molecule has 1 aliphatic rings. The highest BCUT2D eigenvalue weighted by Gasteiger charge is 2.17. The van der Waals surface area contributed by atoms with Gasteiger partial charge in [-0.25, -0.2) is 4.68 Å². The van der Waals surface area contributed by atoms with Crippen molar-refractivity contribution in [3.05, 3.63) is 29.5 Å².